The Labute approximate surface area is 340 Å². The van der Waals surface area contributed by atoms with E-state index in [0.717, 1.165) is 78.0 Å². The molecule has 10 aromatic rings. The van der Waals surface area contributed by atoms with Crippen molar-refractivity contribution in [3.8, 4) is 33.7 Å². The second-order valence-corrected chi connectivity index (χ2v) is 14.8. The average molecular weight is 761 g/mol. The van der Waals surface area contributed by atoms with Gasteiger partial charge >= 0.3 is 0 Å². The minimum Gasteiger partial charge on any atom is -0.489 e. The fraction of sp³-hybridized carbons (Fsp3) is 0.0185. The Balaban J connectivity index is 1.04. The first kappa shape index (κ1) is 34.4. The van der Waals surface area contributed by atoms with Crippen molar-refractivity contribution in [1.29, 1.82) is 0 Å². The molecule has 2 aromatic heterocycles. The third-order valence-electron chi connectivity index (χ3n) is 11.3. The van der Waals surface area contributed by atoms with Crippen molar-refractivity contribution < 1.29 is 13.9 Å². The topological polar surface area (TPSA) is 47.6 Å². The lowest BCUT2D eigenvalue weighted by molar-refractivity contribution is 0.104. The van der Waals surface area contributed by atoms with E-state index in [0.29, 0.717) is 17.9 Å². The number of nitrogens with zero attached hydrogens (tertiary/aromatic N) is 2. The van der Waals surface area contributed by atoms with E-state index in [1.807, 2.05) is 42.5 Å². The maximum absolute atomic E-state index is 13.3. The highest BCUT2D eigenvalue weighted by atomic mass is 16.5. The molecule has 0 unspecified atom stereocenters. The molecule has 0 bridgehead atoms. The summed E-state index contributed by atoms with van der Waals surface area (Å²) in [4.78, 5) is 15.6. The molecule has 0 spiro atoms. The number of aromatic nitrogens is 1. The number of carbonyl (C=O) groups is 1. The van der Waals surface area contributed by atoms with Gasteiger partial charge in [0.2, 0.25) is 0 Å². The summed E-state index contributed by atoms with van der Waals surface area (Å²) < 4.78 is 14.4. The first-order chi connectivity index (χ1) is 29.2. The van der Waals surface area contributed by atoms with Crippen LogP contribution in [0.5, 0.6) is 5.75 Å². The van der Waals surface area contributed by atoms with Crippen LogP contribution < -0.4 is 9.64 Å². The summed E-state index contributed by atoms with van der Waals surface area (Å²) in [6.07, 6.45) is 7.09. The molecule has 280 valence electrons. The van der Waals surface area contributed by atoms with Gasteiger partial charge < -0.3 is 18.6 Å². The zero-order valence-electron chi connectivity index (χ0n) is 32.0. The zero-order chi connectivity index (χ0) is 39.3. The van der Waals surface area contributed by atoms with E-state index in [1.165, 1.54) is 10.8 Å². The van der Waals surface area contributed by atoms with E-state index in [1.54, 1.807) is 12.2 Å². The van der Waals surface area contributed by atoms with E-state index in [-0.39, 0.29) is 5.78 Å². The Morgan fingerprint density at radius 1 is 0.475 bits per heavy atom. The summed E-state index contributed by atoms with van der Waals surface area (Å²) in [5, 5.41) is 4.66. The molecule has 11 rings (SSSR count). The third-order valence-corrected chi connectivity index (χ3v) is 11.3. The predicted molar refractivity (Wildman–Crippen MR) is 242 cm³/mol. The maximum atomic E-state index is 13.3. The quantitative estimate of drug-likeness (QED) is 0.169. The molecule has 0 aliphatic carbocycles. The summed E-state index contributed by atoms with van der Waals surface area (Å²) in [7, 11) is 0. The average Bonchev–Trinajstić information content (AvgIpc) is 3.86. The zero-order valence-corrected chi connectivity index (χ0v) is 32.0. The monoisotopic (exact) mass is 760 g/mol. The Hall–Kier alpha value is -7.89. The smallest absolute Gasteiger partial charge is 0.189 e. The van der Waals surface area contributed by atoms with Crippen LogP contribution in [-0.2, 0) is 0 Å². The van der Waals surface area contributed by atoms with Gasteiger partial charge in [-0.1, -0.05) is 109 Å². The van der Waals surface area contributed by atoms with Crippen LogP contribution in [0.1, 0.15) is 10.4 Å². The lowest BCUT2D eigenvalue weighted by Gasteiger charge is -2.27. The van der Waals surface area contributed by atoms with Gasteiger partial charge in [-0.2, -0.15) is 0 Å². The molecular formula is C54H36N2O3. The summed E-state index contributed by atoms with van der Waals surface area (Å²) in [6, 6.07) is 63.7. The van der Waals surface area contributed by atoms with Crippen LogP contribution in [0.4, 0.5) is 17.1 Å². The van der Waals surface area contributed by atoms with E-state index in [4.69, 9.17) is 9.15 Å². The fourth-order valence-electron chi connectivity index (χ4n) is 8.48. The van der Waals surface area contributed by atoms with Gasteiger partial charge in [-0.05, 0) is 119 Å². The number of anilines is 3. The molecule has 0 atom stereocenters. The number of rotatable bonds is 6. The number of allylic oxidation sites excluding steroid dienone is 3. The van der Waals surface area contributed by atoms with Crippen molar-refractivity contribution in [2.75, 3.05) is 11.5 Å². The molecule has 0 saturated heterocycles. The summed E-state index contributed by atoms with van der Waals surface area (Å²) in [5.41, 5.74) is 12.8. The second kappa shape index (κ2) is 14.2. The Kier molecular flexibility index (Phi) is 8.30. The predicted octanol–water partition coefficient (Wildman–Crippen LogP) is 14.2. The van der Waals surface area contributed by atoms with Crippen molar-refractivity contribution in [3.63, 3.8) is 0 Å². The molecule has 0 amide bonds. The number of furan rings is 1. The number of carbonyl (C=O) groups excluding carboxylic acids is 1. The molecule has 3 heterocycles. The van der Waals surface area contributed by atoms with Crippen LogP contribution in [-0.4, -0.2) is 17.0 Å². The molecule has 8 aromatic carbocycles. The molecule has 0 radical (unpaired) electrons. The first-order valence-electron chi connectivity index (χ1n) is 19.8. The number of hydrogen-bond donors (Lipinski definition) is 0. The third kappa shape index (κ3) is 6.08. The second-order valence-electron chi connectivity index (χ2n) is 14.8. The molecule has 5 nitrogen and oxygen atoms in total. The number of para-hydroxylation sites is 3. The molecule has 0 saturated carbocycles. The molecule has 1 aliphatic rings. The molecule has 1 aliphatic heterocycles. The number of hydrogen-bond acceptors (Lipinski definition) is 4. The Morgan fingerprint density at radius 2 is 1.12 bits per heavy atom. The van der Waals surface area contributed by atoms with Gasteiger partial charge in [0.1, 0.15) is 23.5 Å². The summed E-state index contributed by atoms with van der Waals surface area (Å²) in [6.45, 7) is 0.399. The first-order valence-corrected chi connectivity index (χ1v) is 19.8. The van der Waals surface area contributed by atoms with Crippen LogP contribution in [0, 0.1) is 0 Å². The van der Waals surface area contributed by atoms with Gasteiger partial charge in [-0.15, -0.1) is 0 Å². The normalized spacial score (nSPS) is 13.8. The standard InChI is InChI=1S/C54H36N2O3/c57-51-21-2-1-9-31-58-52-29-25-39(34-48(51)52)37-12-10-13-41(32-37)55(40-27-23-36(24-28-40)38-26-30-54-47(33-38)46-18-5-8-22-53(46)59-54)42-14-11-15-43(35-42)56-49-19-6-3-16-44(49)45-17-4-7-20-50(45)56/h1-30,32-35H,31H2/b9-1-,21-2-. The van der Waals surface area contributed by atoms with Crippen molar-refractivity contribution in [2.45, 2.75) is 0 Å². The fourth-order valence-corrected chi connectivity index (χ4v) is 8.48. The minimum atomic E-state index is -0.0896. The van der Waals surface area contributed by atoms with Gasteiger partial charge in [0.15, 0.2) is 5.78 Å². The lowest BCUT2D eigenvalue weighted by Crippen LogP contribution is -2.10. The van der Waals surface area contributed by atoms with Crippen LogP contribution in [0.3, 0.4) is 0 Å². The number of benzene rings is 8. The number of ether oxygens (including phenoxy) is 1. The van der Waals surface area contributed by atoms with Crippen molar-refractivity contribution >= 4 is 66.6 Å². The van der Waals surface area contributed by atoms with E-state index in [9.17, 15) is 4.79 Å². The van der Waals surface area contributed by atoms with Crippen molar-refractivity contribution in [1.82, 2.24) is 4.57 Å². The van der Waals surface area contributed by atoms with Gasteiger partial charge in [-0.25, -0.2) is 0 Å². The lowest BCUT2D eigenvalue weighted by atomic mass is 9.99. The summed E-state index contributed by atoms with van der Waals surface area (Å²) in [5.74, 6) is 0.489. The van der Waals surface area contributed by atoms with E-state index in [2.05, 4.69) is 161 Å². The number of ketones is 1. The molecule has 59 heavy (non-hydrogen) atoms. The highest BCUT2D eigenvalue weighted by Gasteiger charge is 2.19. The van der Waals surface area contributed by atoms with Gasteiger partial charge in [-0.3, -0.25) is 4.79 Å². The molecule has 5 heteroatoms. The Morgan fingerprint density at radius 3 is 1.93 bits per heavy atom. The molecule has 0 N–H and O–H groups in total. The van der Waals surface area contributed by atoms with Gasteiger partial charge in [0.05, 0.1) is 16.6 Å². The SMILES string of the molecule is O=C1/C=C\C=C/COc2ccc(-c3cccc(N(c4ccc(-c5ccc6oc7ccccc7c6c5)cc4)c4cccc(-n5c6ccccc6c6ccccc65)c4)c3)cc21. The van der Waals surface area contributed by atoms with Crippen LogP contribution >= 0.6 is 0 Å². The van der Waals surface area contributed by atoms with Crippen molar-refractivity contribution in [3.05, 3.63) is 212 Å². The van der Waals surface area contributed by atoms with Crippen LogP contribution in [0.25, 0.3) is 71.7 Å². The maximum Gasteiger partial charge on any atom is 0.189 e. The van der Waals surface area contributed by atoms with Crippen molar-refractivity contribution in [2.24, 2.45) is 0 Å². The van der Waals surface area contributed by atoms with E-state index < -0.39 is 0 Å². The molecular weight excluding hydrogens is 725 g/mol. The highest BCUT2D eigenvalue weighted by molar-refractivity contribution is 6.10. The van der Waals surface area contributed by atoms with E-state index >= 15 is 0 Å². The van der Waals surface area contributed by atoms with Gasteiger partial charge in [0.25, 0.3) is 0 Å². The number of fused-ring (bicyclic) bond motifs is 7. The van der Waals surface area contributed by atoms with Gasteiger partial charge in [0, 0.05) is 44.3 Å². The Bertz CT molecular complexity index is 3260. The minimum absolute atomic E-state index is 0.0896. The highest BCUT2D eigenvalue weighted by Crippen LogP contribution is 2.41. The van der Waals surface area contributed by atoms with Crippen LogP contribution in [0.15, 0.2) is 211 Å². The largest absolute Gasteiger partial charge is 0.489 e. The molecule has 0 fully saturated rings. The van der Waals surface area contributed by atoms with Crippen LogP contribution in [0.2, 0.25) is 0 Å². The summed E-state index contributed by atoms with van der Waals surface area (Å²) >= 11 is 0.